The number of hydrogen-bond acceptors (Lipinski definition) is 4. The lowest BCUT2D eigenvalue weighted by Crippen LogP contribution is -2.35. The van der Waals surface area contributed by atoms with Crippen LogP contribution in [0.4, 0.5) is 0 Å². The number of methoxy groups -OCH3 is 1. The molecule has 0 aromatic heterocycles. The Hall–Kier alpha value is -0.610. The fourth-order valence-electron chi connectivity index (χ4n) is 1.43. The molecule has 1 unspecified atom stereocenters. The molecule has 15 heavy (non-hydrogen) atoms. The van der Waals surface area contributed by atoms with Gasteiger partial charge >= 0.3 is 5.97 Å². The molecular formula is C11H23NO3. The maximum atomic E-state index is 10.8. The van der Waals surface area contributed by atoms with Gasteiger partial charge in [-0.25, -0.2) is 0 Å². The summed E-state index contributed by atoms with van der Waals surface area (Å²) in [6.45, 7) is 5.23. The highest BCUT2D eigenvalue weighted by atomic mass is 16.5. The first kappa shape index (κ1) is 14.4. The van der Waals surface area contributed by atoms with Crippen LogP contribution in [0.1, 0.15) is 33.1 Å². The van der Waals surface area contributed by atoms with E-state index in [1.807, 2.05) is 0 Å². The van der Waals surface area contributed by atoms with E-state index in [-0.39, 0.29) is 12.6 Å². The first-order valence-corrected chi connectivity index (χ1v) is 5.52. The van der Waals surface area contributed by atoms with Crippen molar-refractivity contribution in [2.24, 2.45) is 5.92 Å². The van der Waals surface area contributed by atoms with Gasteiger partial charge in [-0.15, -0.1) is 0 Å². The number of rotatable bonds is 8. The molecule has 0 bridgehead atoms. The summed E-state index contributed by atoms with van der Waals surface area (Å²) in [5.74, 6) is 0.329. The van der Waals surface area contributed by atoms with Crippen LogP contribution in [-0.2, 0) is 9.53 Å². The van der Waals surface area contributed by atoms with Crippen molar-refractivity contribution in [2.75, 3.05) is 20.3 Å². The summed E-state index contributed by atoms with van der Waals surface area (Å²) >= 11 is 0. The number of aliphatic hydroxyl groups excluding tert-OH is 1. The molecule has 0 radical (unpaired) electrons. The van der Waals surface area contributed by atoms with Gasteiger partial charge in [-0.1, -0.05) is 13.8 Å². The quantitative estimate of drug-likeness (QED) is 0.469. The third-order valence-electron chi connectivity index (χ3n) is 2.44. The molecule has 2 N–H and O–H groups in total. The Labute approximate surface area is 92.0 Å². The van der Waals surface area contributed by atoms with E-state index in [9.17, 15) is 4.79 Å². The van der Waals surface area contributed by atoms with E-state index < -0.39 is 0 Å². The molecular weight excluding hydrogens is 194 g/mol. The normalized spacial score (nSPS) is 12.9. The molecule has 0 heterocycles. The Morgan fingerprint density at radius 3 is 2.60 bits per heavy atom. The predicted octanol–water partition coefficient (Wildman–Crippen LogP) is 0.936. The fourth-order valence-corrected chi connectivity index (χ4v) is 1.43. The summed E-state index contributed by atoms with van der Waals surface area (Å²) in [5.41, 5.74) is 0. The van der Waals surface area contributed by atoms with Crippen molar-refractivity contribution in [2.45, 2.75) is 39.2 Å². The van der Waals surface area contributed by atoms with Gasteiger partial charge in [0.25, 0.3) is 0 Å². The highest BCUT2D eigenvalue weighted by Gasteiger charge is 2.11. The van der Waals surface area contributed by atoms with Crippen LogP contribution in [0.2, 0.25) is 0 Å². The van der Waals surface area contributed by atoms with E-state index in [1.54, 1.807) is 0 Å². The maximum Gasteiger partial charge on any atom is 0.305 e. The molecule has 1 atom stereocenters. The number of hydrogen-bond donors (Lipinski definition) is 2. The molecule has 0 aliphatic rings. The molecule has 0 spiro atoms. The Balaban J connectivity index is 3.57. The van der Waals surface area contributed by atoms with Gasteiger partial charge in [0.05, 0.1) is 7.11 Å². The van der Waals surface area contributed by atoms with Crippen LogP contribution in [-0.4, -0.2) is 37.4 Å². The number of esters is 1. The minimum absolute atomic E-state index is 0.167. The van der Waals surface area contributed by atoms with Gasteiger partial charge in [-0.2, -0.15) is 0 Å². The van der Waals surface area contributed by atoms with Crippen LogP contribution in [0.25, 0.3) is 0 Å². The predicted molar refractivity (Wildman–Crippen MR) is 59.6 cm³/mol. The monoisotopic (exact) mass is 217 g/mol. The highest BCUT2D eigenvalue weighted by Crippen LogP contribution is 2.05. The Morgan fingerprint density at radius 1 is 1.47 bits per heavy atom. The highest BCUT2D eigenvalue weighted by molar-refractivity contribution is 5.69. The van der Waals surface area contributed by atoms with Crippen molar-refractivity contribution in [1.82, 2.24) is 5.32 Å². The van der Waals surface area contributed by atoms with E-state index in [0.29, 0.717) is 18.4 Å². The Morgan fingerprint density at radius 2 is 2.13 bits per heavy atom. The number of carbonyl (C=O) groups is 1. The van der Waals surface area contributed by atoms with Crippen molar-refractivity contribution in [3.63, 3.8) is 0 Å². The average Bonchev–Trinajstić information content (AvgIpc) is 2.21. The van der Waals surface area contributed by atoms with Crippen molar-refractivity contribution >= 4 is 5.97 Å². The van der Waals surface area contributed by atoms with Gasteiger partial charge in [0.15, 0.2) is 0 Å². The molecule has 90 valence electrons. The molecule has 0 fully saturated rings. The number of carbonyl (C=O) groups excluding carboxylic acids is 1. The Bertz CT molecular complexity index is 171. The topological polar surface area (TPSA) is 58.6 Å². The second kappa shape index (κ2) is 8.68. The summed E-state index contributed by atoms with van der Waals surface area (Å²) in [4.78, 5) is 10.8. The summed E-state index contributed by atoms with van der Waals surface area (Å²) in [6, 6.07) is 0.327. The average molecular weight is 217 g/mol. The van der Waals surface area contributed by atoms with Crippen LogP contribution < -0.4 is 5.32 Å². The van der Waals surface area contributed by atoms with Crippen LogP contribution in [0, 0.1) is 5.92 Å². The van der Waals surface area contributed by atoms with Crippen molar-refractivity contribution in [1.29, 1.82) is 0 Å². The smallest absolute Gasteiger partial charge is 0.305 e. The molecule has 0 aromatic rings. The molecule has 0 aromatic carbocycles. The molecule has 0 saturated heterocycles. The lowest BCUT2D eigenvalue weighted by Gasteiger charge is -2.21. The maximum absolute atomic E-state index is 10.8. The van der Waals surface area contributed by atoms with Crippen LogP contribution >= 0.6 is 0 Å². The zero-order valence-electron chi connectivity index (χ0n) is 9.95. The molecule has 0 saturated carbocycles. The summed E-state index contributed by atoms with van der Waals surface area (Å²) in [6.07, 6.45) is 1.99. The summed E-state index contributed by atoms with van der Waals surface area (Å²) in [7, 11) is 1.40. The van der Waals surface area contributed by atoms with Crippen molar-refractivity contribution in [3.05, 3.63) is 0 Å². The van der Waals surface area contributed by atoms with E-state index >= 15 is 0 Å². The standard InChI is InChI=1S/C11H23NO3/c1-9(2)10(6-8-13)12-7-4-5-11(14)15-3/h9-10,12-13H,4-8H2,1-3H3. The van der Waals surface area contributed by atoms with Gasteiger partial charge in [0.2, 0.25) is 0 Å². The van der Waals surface area contributed by atoms with Crippen LogP contribution in [0.3, 0.4) is 0 Å². The molecule has 4 nitrogen and oxygen atoms in total. The number of ether oxygens (including phenoxy) is 1. The zero-order chi connectivity index (χ0) is 11.7. The van der Waals surface area contributed by atoms with E-state index in [4.69, 9.17) is 5.11 Å². The van der Waals surface area contributed by atoms with E-state index in [0.717, 1.165) is 19.4 Å². The summed E-state index contributed by atoms with van der Waals surface area (Å²) < 4.78 is 4.55. The molecule has 0 amide bonds. The van der Waals surface area contributed by atoms with E-state index in [2.05, 4.69) is 23.9 Å². The molecule has 0 rings (SSSR count). The van der Waals surface area contributed by atoms with Gasteiger partial charge in [0, 0.05) is 19.1 Å². The van der Waals surface area contributed by atoms with Crippen molar-refractivity contribution in [3.8, 4) is 0 Å². The first-order valence-electron chi connectivity index (χ1n) is 5.52. The molecule has 0 aliphatic heterocycles. The van der Waals surface area contributed by atoms with Gasteiger partial charge in [0.1, 0.15) is 0 Å². The van der Waals surface area contributed by atoms with Crippen molar-refractivity contribution < 1.29 is 14.6 Å². The largest absolute Gasteiger partial charge is 0.469 e. The number of nitrogens with one attached hydrogen (secondary N) is 1. The minimum Gasteiger partial charge on any atom is -0.469 e. The molecule has 0 aliphatic carbocycles. The third-order valence-corrected chi connectivity index (χ3v) is 2.44. The van der Waals surface area contributed by atoms with Crippen LogP contribution in [0.5, 0.6) is 0 Å². The third kappa shape index (κ3) is 7.33. The SMILES string of the molecule is COC(=O)CCCNC(CCO)C(C)C. The van der Waals surface area contributed by atoms with Gasteiger partial charge in [-0.3, -0.25) is 4.79 Å². The lowest BCUT2D eigenvalue weighted by molar-refractivity contribution is -0.140. The van der Waals surface area contributed by atoms with Gasteiger partial charge in [-0.05, 0) is 25.3 Å². The minimum atomic E-state index is -0.167. The fraction of sp³-hybridized carbons (Fsp3) is 0.909. The second-order valence-corrected chi connectivity index (χ2v) is 4.00. The van der Waals surface area contributed by atoms with Crippen LogP contribution in [0.15, 0.2) is 0 Å². The lowest BCUT2D eigenvalue weighted by atomic mass is 10.0. The number of aliphatic hydroxyl groups is 1. The Kier molecular flexibility index (Phi) is 8.33. The second-order valence-electron chi connectivity index (χ2n) is 4.00. The zero-order valence-corrected chi connectivity index (χ0v) is 9.95. The molecule has 4 heteroatoms. The van der Waals surface area contributed by atoms with Gasteiger partial charge < -0.3 is 15.2 Å². The van der Waals surface area contributed by atoms with E-state index in [1.165, 1.54) is 7.11 Å². The first-order chi connectivity index (χ1) is 7.11. The summed E-state index contributed by atoms with van der Waals surface area (Å²) in [5, 5.41) is 12.2.